The summed E-state index contributed by atoms with van der Waals surface area (Å²) in [5, 5.41) is 4.82. The van der Waals surface area contributed by atoms with Crippen molar-refractivity contribution < 1.29 is 0 Å². The Kier molecular flexibility index (Phi) is 2.70. The first-order chi connectivity index (χ1) is 9.76. The van der Waals surface area contributed by atoms with Crippen LogP contribution in [0.1, 0.15) is 31.7 Å². The smallest absolute Gasteiger partial charge is 0.143 e. The SMILES string of the molecule is CCc1c[nH]c2ncnc(NC3CC4CC3CC4N)c12. The zero-order valence-corrected chi connectivity index (χ0v) is 11.8. The summed E-state index contributed by atoms with van der Waals surface area (Å²) in [5.74, 6) is 2.40. The molecule has 2 fully saturated rings. The molecule has 2 aromatic rings. The van der Waals surface area contributed by atoms with Gasteiger partial charge in [0.05, 0.1) is 5.39 Å². The number of aromatic nitrogens is 3. The number of anilines is 1. The zero-order valence-electron chi connectivity index (χ0n) is 11.8. The Bertz CT molecular complexity index is 632. The third-order valence-corrected chi connectivity index (χ3v) is 5.17. The quantitative estimate of drug-likeness (QED) is 0.798. The van der Waals surface area contributed by atoms with E-state index in [4.69, 9.17) is 5.73 Å². The van der Waals surface area contributed by atoms with Gasteiger partial charge in [-0.05, 0) is 43.1 Å². The summed E-state index contributed by atoms with van der Waals surface area (Å²) in [6, 6.07) is 0.944. The van der Waals surface area contributed by atoms with Gasteiger partial charge in [0.1, 0.15) is 17.8 Å². The predicted octanol–water partition coefficient (Wildman–Crippen LogP) is 2.06. The molecule has 2 saturated carbocycles. The molecule has 0 aromatic carbocycles. The monoisotopic (exact) mass is 271 g/mol. The van der Waals surface area contributed by atoms with Gasteiger partial charge in [-0.3, -0.25) is 0 Å². The van der Waals surface area contributed by atoms with Crippen molar-refractivity contribution in [3.8, 4) is 0 Å². The molecule has 0 amide bonds. The van der Waals surface area contributed by atoms with E-state index in [1.54, 1.807) is 6.33 Å². The number of hydrogen-bond acceptors (Lipinski definition) is 4. The van der Waals surface area contributed by atoms with Gasteiger partial charge >= 0.3 is 0 Å². The van der Waals surface area contributed by atoms with Crippen LogP contribution in [-0.2, 0) is 6.42 Å². The maximum absolute atomic E-state index is 6.14. The summed E-state index contributed by atoms with van der Waals surface area (Å²) < 4.78 is 0. The molecule has 2 aliphatic carbocycles. The van der Waals surface area contributed by atoms with Crippen LogP contribution in [0, 0.1) is 11.8 Å². The van der Waals surface area contributed by atoms with Crippen LogP contribution in [0.15, 0.2) is 12.5 Å². The molecule has 0 spiro atoms. The fourth-order valence-corrected chi connectivity index (χ4v) is 4.09. The van der Waals surface area contributed by atoms with Crippen LogP contribution in [0.25, 0.3) is 11.0 Å². The largest absolute Gasteiger partial charge is 0.366 e. The van der Waals surface area contributed by atoms with Crippen LogP contribution in [0.3, 0.4) is 0 Å². The number of H-pyrrole nitrogens is 1. The maximum Gasteiger partial charge on any atom is 0.143 e. The second-order valence-electron chi connectivity index (χ2n) is 6.26. The van der Waals surface area contributed by atoms with Crippen LogP contribution in [0.2, 0.25) is 0 Å². The molecule has 2 bridgehead atoms. The topological polar surface area (TPSA) is 79.6 Å². The van der Waals surface area contributed by atoms with Crippen LogP contribution in [0.4, 0.5) is 5.82 Å². The minimum Gasteiger partial charge on any atom is -0.366 e. The van der Waals surface area contributed by atoms with Crippen molar-refractivity contribution in [1.29, 1.82) is 0 Å². The molecule has 0 radical (unpaired) electrons. The summed E-state index contributed by atoms with van der Waals surface area (Å²) in [4.78, 5) is 12.0. The summed E-state index contributed by atoms with van der Waals surface area (Å²) in [5.41, 5.74) is 8.35. The molecule has 106 valence electrons. The van der Waals surface area contributed by atoms with Gasteiger partial charge in [0.15, 0.2) is 0 Å². The molecule has 4 atom stereocenters. The van der Waals surface area contributed by atoms with Gasteiger partial charge < -0.3 is 16.0 Å². The number of aromatic amines is 1. The minimum atomic E-state index is 0.418. The van der Waals surface area contributed by atoms with Crippen molar-refractivity contribution in [1.82, 2.24) is 15.0 Å². The summed E-state index contributed by atoms with van der Waals surface area (Å²) in [6.45, 7) is 2.16. The normalized spacial score (nSPS) is 32.1. The van der Waals surface area contributed by atoms with E-state index in [0.29, 0.717) is 23.9 Å². The van der Waals surface area contributed by atoms with Crippen LogP contribution in [0.5, 0.6) is 0 Å². The molecule has 4 rings (SSSR count). The van der Waals surface area contributed by atoms with Gasteiger partial charge in [-0.1, -0.05) is 6.92 Å². The second kappa shape index (κ2) is 4.45. The number of fused-ring (bicyclic) bond motifs is 3. The van der Waals surface area contributed by atoms with Crippen molar-refractivity contribution >= 4 is 16.9 Å². The lowest BCUT2D eigenvalue weighted by atomic mass is 9.92. The molecule has 0 aliphatic heterocycles. The van der Waals surface area contributed by atoms with E-state index in [-0.39, 0.29) is 0 Å². The lowest BCUT2D eigenvalue weighted by Crippen LogP contribution is -2.35. The highest BCUT2D eigenvalue weighted by atomic mass is 15.1. The fraction of sp³-hybridized carbons (Fsp3) is 0.600. The van der Waals surface area contributed by atoms with E-state index in [1.165, 1.54) is 18.4 Å². The Balaban J connectivity index is 1.65. The van der Waals surface area contributed by atoms with Crippen LogP contribution >= 0.6 is 0 Å². The van der Waals surface area contributed by atoms with Crippen LogP contribution < -0.4 is 11.1 Å². The van der Waals surface area contributed by atoms with Crippen molar-refractivity contribution in [2.75, 3.05) is 5.32 Å². The second-order valence-corrected chi connectivity index (χ2v) is 6.26. The highest BCUT2D eigenvalue weighted by molar-refractivity contribution is 5.90. The Morgan fingerprint density at radius 3 is 2.90 bits per heavy atom. The summed E-state index contributed by atoms with van der Waals surface area (Å²) >= 11 is 0. The van der Waals surface area contributed by atoms with E-state index in [0.717, 1.165) is 29.7 Å². The number of nitrogens with zero attached hydrogens (tertiary/aromatic N) is 2. The first kappa shape index (κ1) is 12.1. The number of rotatable bonds is 3. The van der Waals surface area contributed by atoms with Gasteiger partial charge in [-0.25, -0.2) is 9.97 Å². The van der Waals surface area contributed by atoms with E-state index >= 15 is 0 Å². The van der Waals surface area contributed by atoms with Crippen LogP contribution in [-0.4, -0.2) is 27.0 Å². The van der Waals surface area contributed by atoms with Gasteiger partial charge in [0.2, 0.25) is 0 Å². The fourth-order valence-electron chi connectivity index (χ4n) is 4.09. The van der Waals surface area contributed by atoms with E-state index in [2.05, 4.69) is 27.2 Å². The first-order valence-corrected chi connectivity index (χ1v) is 7.59. The maximum atomic E-state index is 6.14. The average Bonchev–Trinajstić information content (AvgIpc) is 3.12. The van der Waals surface area contributed by atoms with Gasteiger partial charge in [-0.2, -0.15) is 0 Å². The van der Waals surface area contributed by atoms with Crippen molar-refractivity contribution in [2.24, 2.45) is 17.6 Å². The Hall–Kier alpha value is -1.62. The molecule has 5 nitrogen and oxygen atoms in total. The van der Waals surface area contributed by atoms with E-state index < -0.39 is 0 Å². The number of nitrogens with one attached hydrogen (secondary N) is 2. The molecule has 4 N–H and O–H groups in total. The third kappa shape index (κ3) is 1.73. The number of hydrogen-bond donors (Lipinski definition) is 3. The Labute approximate surface area is 118 Å². The highest BCUT2D eigenvalue weighted by Gasteiger charge is 2.44. The molecular formula is C15H21N5. The molecule has 20 heavy (non-hydrogen) atoms. The third-order valence-electron chi connectivity index (χ3n) is 5.17. The van der Waals surface area contributed by atoms with E-state index in [1.807, 2.05) is 6.20 Å². The first-order valence-electron chi connectivity index (χ1n) is 7.59. The Morgan fingerprint density at radius 2 is 2.20 bits per heavy atom. The lowest BCUT2D eigenvalue weighted by molar-refractivity contribution is 0.390. The molecule has 2 aliphatic rings. The molecule has 0 saturated heterocycles. The van der Waals surface area contributed by atoms with Crippen molar-refractivity contribution in [2.45, 2.75) is 44.7 Å². The minimum absolute atomic E-state index is 0.418. The van der Waals surface area contributed by atoms with Crippen molar-refractivity contribution in [3.63, 3.8) is 0 Å². The zero-order chi connectivity index (χ0) is 13.7. The predicted molar refractivity (Wildman–Crippen MR) is 79.5 cm³/mol. The molecule has 5 heteroatoms. The number of aryl methyl sites for hydroxylation is 1. The van der Waals surface area contributed by atoms with Gasteiger partial charge in [0, 0.05) is 18.3 Å². The Morgan fingerprint density at radius 1 is 1.30 bits per heavy atom. The summed E-state index contributed by atoms with van der Waals surface area (Å²) in [6.07, 6.45) is 8.29. The number of nitrogens with two attached hydrogens (primary N) is 1. The van der Waals surface area contributed by atoms with Gasteiger partial charge in [-0.15, -0.1) is 0 Å². The lowest BCUT2D eigenvalue weighted by Gasteiger charge is -2.27. The molecule has 4 unspecified atom stereocenters. The van der Waals surface area contributed by atoms with E-state index in [9.17, 15) is 0 Å². The standard InChI is InChI=1S/C15H21N5/c1-2-8-6-17-14-13(8)15(19-7-18-14)20-12-5-9-3-10(12)4-11(9)16/h6-7,9-12H,2-5,16H2,1H3,(H2,17,18,19,20). The molecule has 2 heterocycles. The molecular weight excluding hydrogens is 250 g/mol. The van der Waals surface area contributed by atoms with Gasteiger partial charge in [0.25, 0.3) is 0 Å². The molecule has 2 aromatic heterocycles. The summed E-state index contributed by atoms with van der Waals surface area (Å²) in [7, 11) is 0. The average molecular weight is 271 g/mol. The van der Waals surface area contributed by atoms with Crippen molar-refractivity contribution in [3.05, 3.63) is 18.1 Å². The highest BCUT2D eigenvalue weighted by Crippen LogP contribution is 2.45.